The molecule has 2 amide bonds. The largest absolute Gasteiger partial charge is 0.392 e. The van der Waals surface area contributed by atoms with Gasteiger partial charge in [-0.2, -0.15) is 0 Å². The maximum atomic E-state index is 12.3. The summed E-state index contributed by atoms with van der Waals surface area (Å²) in [6.07, 6.45) is 8.52. The fraction of sp³-hybridized carbons (Fsp3) is 0.417. The Morgan fingerprint density at radius 2 is 1.50 bits per heavy atom. The monoisotopic (exact) mass is 411 g/mol. The molecule has 2 aromatic rings. The van der Waals surface area contributed by atoms with Gasteiger partial charge in [-0.05, 0) is 42.3 Å². The molecule has 0 aliphatic heterocycles. The highest BCUT2D eigenvalue weighted by atomic mass is 16.3. The molecule has 0 saturated heterocycles. The van der Waals surface area contributed by atoms with Crippen molar-refractivity contribution >= 4 is 17.5 Å². The van der Waals surface area contributed by atoms with Crippen molar-refractivity contribution in [3.63, 3.8) is 0 Å². The number of hydrogen-bond acceptors (Lipinski definition) is 4. The molecular weight excluding hydrogens is 378 g/mol. The zero-order chi connectivity index (χ0) is 21.6. The van der Waals surface area contributed by atoms with E-state index in [2.05, 4.69) is 23.1 Å². The Morgan fingerprint density at radius 1 is 0.833 bits per heavy atom. The molecule has 6 nitrogen and oxygen atoms in total. The van der Waals surface area contributed by atoms with Crippen LogP contribution in [0.1, 0.15) is 78.1 Å². The zero-order valence-electron chi connectivity index (χ0n) is 17.7. The van der Waals surface area contributed by atoms with Gasteiger partial charge in [-0.25, -0.2) is 0 Å². The first-order valence-electron chi connectivity index (χ1n) is 10.8. The third-order valence-electron chi connectivity index (χ3n) is 4.97. The van der Waals surface area contributed by atoms with Crippen molar-refractivity contribution in [1.82, 2.24) is 10.7 Å². The first kappa shape index (κ1) is 23.4. The molecule has 4 N–H and O–H groups in total. The lowest BCUT2D eigenvalue weighted by Crippen LogP contribution is -2.30. The predicted octanol–water partition coefficient (Wildman–Crippen LogP) is 4.42. The maximum Gasteiger partial charge on any atom is 0.269 e. The Labute approximate surface area is 179 Å². The normalized spacial score (nSPS) is 10.5. The Bertz CT molecular complexity index is 791. The summed E-state index contributed by atoms with van der Waals surface area (Å²) in [6, 6.07) is 13.8. The fourth-order valence-corrected chi connectivity index (χ4v) is 3.17. The summed E-state index contributed by atoms with van der Waals surface area (Å²) in [4.78, 5) is 24.5. The Hall–Kier alpha value is -2.86. The number of aliphatic hydroxyl groups excluding tert-OH is 1. The van der Waals surface area contributed by atoms with E-state index in [1.54, 1.807) is 48.5 Å². The van der Waals surface area contributed by atoms with Gasteiger partial charge in [0.25, 0.3) is 11.8 Å². The van der Waals surface area contributed by atoms with Crippen LogP contribution in [0.4, 0.5) is 5.69 Å². The molecule has 0 spiro atoms. The number of benzene rings is 2. The molecule has 2 aromatic carbocycles. The standard InChI is InChI=1S/C24H33N3O3/c1-2-3-4-5-6-7-10-17-25-23(29)19-13-15-21(16-14-19)26-27-24(30)22-12-9-8-11-20(22)18-28/h8-9,11-16,26,28H,2-7,10,17-18H2,1H3,(H,25,29)(H,27,30). The van der Waals surface area contributed by atoms with Gasteiger partial charge in [-0.15, -0.1) is 0 Å². The number of amides is 2. The highest BCUT2D eigenvalue weighted by molar-refractivity contribution is 5.96. The van der Waals surface area contributed by atoms with Gasteiger partial charge in [0.05, 0.1) is 12.3 Å². The molecule has 30 heavy (non-hydrogen) atoms. The van der Waals surface area contributed by atoms with E-state index in [-0.39, 0.29) is 18.4 Å². The summed E-state index contributed by atoms with van der Waals surface area (Å²) >= 11 is 0. The zero-order valence-corrected chi connectivity index (χ0v) is 17.7. The molecule has 0 aromatic heterocycles. The van der Waals surface area contributed by atoms with Crippen LogP contribution in [0.3, 0.4) is 0 Å². The van der Waals surface area contributed by atoms with E-state index in [1.807, 2.05) is 0 Å². The molecule has 0 aliphatic carbocycles. The molecular formula is C24H33N3O3. The maximum absolute atomic E-state index is 12.3. The van der Waals surface area contributed by atoms with E-state index >= 15 is 0 Å². The molecule has 0 radical (unpaired) electrons. The minimum absolute atomic E-state index is 0.0894. The molecule has 0 heterocycles. The van der Waals surface area contributed by atoms with Crippen molar-refractivity contribution in [3.05, 3.63) is 65.2 Å². The van der Waals surface area contributed by atoms with Crippen LogP contribution in [0.15, 0.2) is 48.5 Å². The number of carbonyl (C=O) groups excluding carboxylic acids is 2. The van der Waals surface area contributed by atoms with E-state index in [9.17, 15) is 14.7 Å². The summed E-state index contributed by atoms with van der Waals surface area (Å²) in [6.45, 7) is 2.70. The lowest BCUT2D eigenvalue weighted by Gasteiger charge is -2.11. The van der Waals surface area contributed by atoms with Crippen LogP contribution in [0.2, 0.25) is 0 Å². The second kappa shape index (κ2) is 13.4. The quantitative estimate of drug-likeness (QED) is 0.290. The average molecular weight is 412 g/mol. The van der Waals surface area contributed by atoms with Crippen molar-refractivity contribution in [2.24, 2.45) is 0 Å². The van der Waals surface area contributed by atoms with Crippen LogP contribution in [-0.4, -0.2) is 23.5 Å². The number of hydrazine groups is 1. The third kappa shape index (κ3) is 7.87. The molecule has 2 rings (SSSR count). The lowest BCUT2D eigenvalue weighted by molar-refractivity contribution is 0.0947. The van der Waals surface area contributed by atoms with Crippen molar-refractivity contribution in [2.45, 2.75) is 58.5 Å². The van der Waals surface area contributed by atoms with Gasteiger partial charge in [0.15, 0.2) is 0 Å². The Balaban J connectivity index is 1.71. The molecule has 6 heteroatoms. The molecule has 0 fully saturated rings. The highest BCUT2D eigenvalue weighted by Gasteiger charge is 2.10. The first-order chi connectivity index (χ1) is 14.7. The Morgan fingerprint density at radius 3 is 2.20 bits per heavy atom. The second-order valence-electron chi connectivity index (χ2n) is 7.35. The summed E-state index contributed by atoms with van der Waals surface area (Å²) in [5.74, 6) is -0.426. The van der Waals surface area contributed by atoms with Crippen LogP contribution < -0.4 is 16.2 Å². The molecule has 0 aliphatic rings. The summed E-state index contributed by atoms with van der Waals surface area (Å²) in [5, 5.41) is 12.3. The molecule has 162 valence electrons. The van der Waals surface area contributed by atoms with Gasteiger partial charge >= 0.3 is 0 Å². The van der Waals surface area contributed by atoms with E-state index < -0.39 is 0 Å². The van der Waals surface area contributed by atoms with Crippen LogP contribution in [-0.2, 0) is 6.61 Å². The number of unbranched alkanes of at least 4 members (excludes halogenated alkanes) is 6. The van der Waals surface area contributed by atoms with Gasteiger partial charge in [-0.3, -0.25) is 20.4 Å². The van der Waals surface area contributed by atoms with Gasteiger partial charge in [0.1, 0.15) is 0 Å². The smallest absolute Gasteiger partial charge is 0.269 e. The van der Waals surface area contributed by atoms with Gasteiger partial charge < -0.3 is 10.4 Å². The van der Waals surface area contributed by atoms with Crippen LogP contribution in [0, 0.1) is 0 Å². The topological polar surface area (TPSA) is 90.5 Å². The van der Waals surface area contributed by atoms with Crippen LogP contribution in [0.25, 0.3) is 0 Å². The van der Waals surface area contributed by atoms with Crippen molar-refractivity contribution in [1.29, 1.82) is 0 Å². The number of anilines is 1. The van der Waals surface area contributed by atoms with Crippen molar-refractivity contribution < 1.29 is 14.7 Å². The van der Waals surface area contributed by atoms with Crippen LogP contribution >= 0.6 is 0 Å². The van der Waals surface area contributed by atoms with E-state index in [0.717, 1.165) is 12.8 Å². The summed E-state index contributed by atoms with van der Waals surface area (Å²) in [7, 11) is 0. The van der Waals surface area contributed by atoms with Gasteiger partial charge in [0.2, 0.25) is 0 Å². The first-order valence-corrected chi connectivity index (χ1v) is 10.8. The van der Waals surface area contributed by atoms with Crippen molar-refractivity contribution in [2.75, 3.05) is 12.0 Å². The number of rotatable bonds is 13. The van der Waals surface area contributed by atoms with E-state index in [0.29, 0.717) is 28.9 Å². The fourth-order valence-electron chi connectivity index (χ4n) is 3.17. The number of hydrogen-bond donors (Lipinski definition) is 4. The van der Waals surface area contributed by atoms with Gasteiger partial charge in [0, 0.05) is 17.7 Å². The SMILES string of the molecule is CCCCCCCCCNC(=O)c1ccc(NNC(=O)c2ccccc2CO)cc1. The van der Waals surface area contributed by atoms with Crippen LogP contribution in [0.5, 0.6) is 0 Å². The minimum atomic E-state index is -0.337. The summed E-state index contributed by atoms with van der Waals surface area (Å²) < 4.78 is 0. The molecule has 0 bridgehead atoms. The van der Waals surface area contributed by atoms with Gasteiger partial charge in [-0.1, -0.05) is 63.6 Å². The minimum Gasteiger partial charge on any atom is -0.392 e. The third-order valence-corrected chi connectivity index (χ3v) is 4.97. The van der Waals surface area contributed by atoms with E-state index in [4.69, 9.17) is 0 Å². The van der Waals surface area contributed by atoms with Crippen molar-refractivity contribution in [3.8, 4) is 0 Å². The second-order valence-corrected chi connectivity index (χ2v) is 7.35. The highest BCUT2D eigenvalue weighted by Crippen LogP contribution is 2.11. The predicted molar refractivity (Wildman–Crippen MR) is 120 cm³/mol. The number of carbonyl (C=O) groups is 2. The molecule has 0 unspecified atom stereocenters. The molecule has 0 saturated carbocycles. The Kier molecular flexibility index (Phi) is 10.4. The number of aliphatic hydroxyl groups is 1. The lowest BCUT2D eigenvalue weighted by atomic mass is 10.1. The summed E-state index contributed by atoms with van der Waals surface area (Å²) in [5.41, 5.74) is 7.65. The average Bonchev–Trinajstić information content (AvgIpc) is 2.79. The number of nitrogens with one attached hydrogen (secondary N) is 3. The molecule has 0 atom stereocenters. The van der Waals surface area contributed by atoms with E-state index in [1.165, 1.54) is 32.1 Å².